The van der Waals surface area contributed by atoms with Crippen molar-refractivity contribution in [2.45, 2.75) is 0 Å². The molecule has 1 heterocycles. The van der Waals surface area contributed by atoms with Gasteiger partial charge in [-0.1, -0.05) is 12.0 Å². The van der Waals surface area contributed by atoms with Gasteiger partial charge in [-0.05, 0) is 30.3 Å². The third-order valence-corrected chi connectivity index (χ3v) is 3.40. The topological polar surface area (TPSA) is 66.4 Å². The molecule has 19 heavy (non-hydrogen) atoms. The molecule has 0 bridgehead atoms. The molecule has 0 aliphatic carbocycles. The van der Waals surface area contributed by atoms with Crippen LogP contribution < -0.4 is 5.32 Å². The Morgan fingerprint density at radius 1 is 1.21 bits per heavy atom. The maximum absolute atomic E-state index is 11.9. The maximum Gasteiger partial charge on any atom is 0.345 e. The lowest BCUT2D eigenvalue weighted by Crippen LogP contribution is -2.10. The molecule has 1 amide bonds. The molecule has 0 aliphatic heterocycles. The lowest BCUT2D eigenvalue weighted by Gasteiger charge is -2.03. The first-order valence-electron chi connectivity index (χ1n) is 5.31. The number of carboxylic acid groups (broad SMARTS) is 1. The second kappa shape index (κ2) is 5.38. The average molecular weight is 271 g/mol. The molecule has 2 aromatic rings. The fourth-order valence-corrected chi connectivity index (χ4v) is 2.19. The Bertz CT molecular complexity index is 682. The molecule has 0 radical (unpaired) electrons. The van der Waals surface area contributed by atoms with E-state index in [-0.39, 0.29) is 10.8 Å². The van der Waals surface area contributed by atoms with Crippen LogP contribution >= 0.6 is 11.3 Å². The third-order valence-electron chi connectivity index (χ3n) is 2.33. The van der Waals surface area contributed by atoms with Gasteiger partial charge in [-0.3, -0.25) is 4.79 Å². The molecule has 4 nitrogen and oxygen atoms in total. The molecule has 0 unspecified atom stereocenters. The van der Waals surface area contributed by atoms with Crippen LogP contribution in [0.4, 0.5) is 5.69 Å². The Morgan fingerprint density at radius 2 is 1.95 bits per heavy atom. The first kappa shape index (κ1) is 12.9. The molecule has 5 heteroatoms. The normalized spacial score (nSPS) is 9.63. The van der Waals surface area contributed by atoms with E-state index in [0.29, 0.717) is 16.1 Å². The summed E-state index contributed by atoms with van der Waals surface area (Å²) in [5, 5.41) is 11.5. The summed E-state index contributed by atoms with van der Waals surface area (Å²) in [6, 6.07) is 9.76. The molecule has 0 fully saturated rings. The largest absolute Gasteiger partial charge is 0.477 e. The van der Waals surface area contributed by atoms with E-state index in [2.05, 4.69) is 11.2 Å². The molecule has 0 spiro atoms. The van der Waals surface area contributed by atoms with Crippen LogP contribution in [0.5, 0.6) is 0 Å². The summed E-state index contributed by atoms with van der Waals surface area (Å²) in [6.45, 7) is 0. The van der Waals surface area contributed by atoms with E-state index in [0.717, 1.165) is 11.3 Å². The number of hydrogen-bond donors (Lipinski definition) is 2. The van der Waals surface area contributed by atoms with Crippen molar-refractivity contribution < 1.29 is 14.7 Å². The minimum Gasteiger partial charge on any atom is -0.477 e. The molecule has 0 atom stereocenters. The fraction of sp³-hybridized carbons (Fsp3) is 0. The van der Waals surface area contributed by atoms with Crippen LogP contribution in [0.15, 0.2) is 36.4 Å². The highest BCUT2D eigenvalue weighted by Gasteiger charge is 2.12. The van der Waals surface area contributed by atoms with Gasteiger partial charge >= 0.3 is 5.97 Å². The molecule has 2 rings (SSSR count). The van der Waals surface area contributed by atoms with E-state index in [1.54, 1.807) is 24.3 Å². The Hall–Kier alpha value is -2.58. The van der Waals surface area contributed by atoms with Gasteiger partial charge in [0.25, 0.3) is 5.91 Å². The Morgan fingerprint density at radius 3 is 2.58 bits per heavy atom. The first-order valence-corrected chi connectivity index (χ1v) is 6.13. The summed E-state index contributed by atoms with van der Waals surface area (Å²) >= 11 is 0.926. The zero-order valence-corrected chi connectivity index (χ0v) is 10.5. The Labute approximate surface area is 113 Å². The maximum atomic E-state index is 11.9. The van der Waals surface area contributed by atoms with Crippen LogP contribution in [0.1, 0.15) is 24.9 Å². The Balaban J connectivity index is 2.16. The highest BCUT2D eigenvalue weighted by molar-refractivity contribution is 7.15. The minimum absolute atomic E-state index is 0.127. The number of carbonyl (C=O) groups is 2. The highest BCUT2D eigenvalue weighted by atomic mass is 32.1. The van der Waals surface area contributed by atoms with Crippen LogP contribution in [-0.2, 0) is 0 Å². The number of anilines is 1. The van der Waals surface area contributed by atoms with Gasteiger partial charge in [0.05, 0.1) is 4.88 Å². The van der Waals surface area contributed by atoms with Crippen molar-refractivity contribution in [3.63, 3.8) is 0 Å². The van der Waals surface area contributed by atoms with Crippen molar-refractivity contribution in [2.24, 2.45) is 0 Å². The predicted molar refractivity (Wildman–Crippen MR) is 73.6 cm³/mol. The highest BCUT2D eigenvalue weighted by Crippen LogP contribution is 2.18. The summed E-state index contributed by atoms with van der Waals surface area (Å²) in [5.74, 6) is 1.07. The SMILES string of the molecule is C#Cc1cccc(NC(=O)c2ccc(C(=O)O)s2)c1. The number of benzene rings is 1. The van der Waals surface area contributed by atoms with E-state index >= 15 is 0 Å². The summed E-state index contributed by atoms with van der Waals surface area (Å²) < 4.78 is 0. The van der Waals surface area contributed by atoms with E-state index in [1.807, 2.05) is 0 Å². The van der Waals surface area contributed by atoms with Gasteiger partial charge in [-0.15, -0.1) is 17.8 Å². The molecule has 0 saturated carbocycles. The number of rotatable bonds is 3. The van der Waals surface area contributed by atoms with Gasteiger partial charge in [0.1, 0.15) is 4.88 Å². The first-order chi connectivity index (χ1) is 9.10. The molecule has 2 N–H and O–H groups in total. The van der Waals surface area contributed by atoms with E-state index in [9.17, 15) is 9.59 Å². The van der Waals surface area contributed by atoms with Crippen LogP contribution in [0, 0.1) is 12.3 Å². The second-order valence-electron chi connectivity index (χ2n) is 3.65. The number of amides is 1. The van der Waals surface area contributed by atoms with Crippen molar-refractivity contribution in [1.82, 2.24) is 0 Å². The second-order valence-corrected chi connectivity index (χ2v) is 4.73. The average Bonchev–Trinajstić information content (AvgIpc) is 2.89. The van der Waals surface area contributed by atoms with Crippen LogP contribution in [-0.4, -0.2) is 17.0 Å². The number of aromatic carboxylic acids is 1. The fourth-order valence-electron chi connectivity index (χ4n) is 1.45. The molecule has 0 aliphatic rings. The quantitative estimate of drug-likeness (QED) is 0.843. The molecule has 94 valence electrons. The molecular weight excluding hydrogens is 262 g/mol. The number of carboxylic acids is 1. The summed E-state index contributed by atoms with van der Waals surface area (Å²) in [7, 11) is 0. The standard InChI is InChI=1S/C14H9NO3S/c1-2-9-4-3-5-10(8-9)15-13(16)11-6-7-12(19-11)14(17)18/h1,3-8H,(H,15,16)(H,17,18). The van der Waals surface area contributed by atoms with E-state index in [4.69, 9.17) is 11.5 Å². The van der Waals surface area contributed by atoms with Gasteiger partial charge in [0, 0.05) is 11.3 Å². The monoisotopic (exact) mass is 271 g/mol. The lowest BCUT2D eigenvalue weighted by atomic mass is 10.2. The minimum atomic E-state index is -1.04. The zero-order chi connectivity index (χ0) is 13.8. The van der Waals surface area contributed by atoms with E-state index in [1.165, 1.54) is 12.1 Å². The van der Waals surface area contributed by atoms with E-state index < -0.39 is 5.97 Å². The van der Waals surface area contributed by atoms with Crippen LogP contribution in [0.3, 0.4) is 0 Å². The number of hydrogen-bond acceptors (Lipinski definition) is 3. The molecule has 0 saturated heterocycles. The van der Waals surface area contributed by atoms with Gasteiger partial charge in [0.15, 0.2) is 0 Å². The zero-order valence-electron chi connectivity index (χ0n) is 9.71. The predicted octanol–water partition coefficient (Wildman–Crippen LogP) is 2.68. The number of terminal acetylenes is 1. The molecular formula is C14H9NO3S. The van der Waals surface area contributed by atoms with Gasteiger partial charge in [-0.25, -0.2) is 4.79 Å². The summed E-state index contributed by atoms with van der Waals surface area (Å²) in [5.41, 5.74) is 1.24. The molecule has 1 aromatic heterocycles. The third kappa shape index (κ3) is 3.00. The van der Waals surface area contributed by atoms with Crippen molar-refractivity contribution in [1.29, 1.82) is 0 Å². The van der Waals surface area contributed by atoms with Crippen molar-refractivity contribution in [3.05, 3.63) is 51.7 Å². The summed E-state index contributed by atoms with van der Waals surface area (Å²) in [6.07, 6.45) is 5.27. The van der Waals surface area contributed by atoms with Gasteiger partial charge in [-0.2, -0.15) is 0 Å². The number of nitrogens with one attached hydrogen (secondary N) is 1. The smallest absolute Gasteiger partial charge is 0.345 e. The van der Waals surface area contributed by atoms with Crippen LogP contribution in [0.25, 0.3) is 0 Å². The lowest BCUT2D eigenvalue weighted by molar-refractivity contribution is 0.0702. The molecule has 1 aromatic carbocycles. The van der Waals surface area contributed by atoms with Crippen molar-refractivity contribution in [2.75, 3.05) is 5.32 Å². The van der Waals surface area contributed by atoms with Gasteiger partial charge < -0.3 is 10.4 Å². The summed E-state index contributed by atoms with van der Waals surface area (Å²) in [4.78, 5) is 23.1. The van der Waals surface area contributed by atoms with Crippen LogP contribution in [0.2, 0.25) is 0 Å². The number of carbonyl (C=O) groups excluding carboxylic acids is 1. The number of thiophene rings is 1. The van der Waals surface area contributed by atoms with Crippen molar-refractivity contribution in [3.8, 4) is 12.3 Å². The van der Waals surface area contributed by atoms with Gasteiger partial charge in [0.2, 0.25) is 0 Å². The van der Waals surface area contributed by atoms with Crippen molar-refractivity contribution >= 4 is 28.9 Å². The Kier molecular flexibility index (Phi) is 3.64.